The molecule has 0 atom stereocenters. The maximum Gasteiger partial charge on any atom is 0.294 e. The number of hydrogen-bond acceptors (Lipinski definition) is 14. The summed E-state index contributed by atoms with van der Waals surface area (Å²) in [5.41, 5.74) is 4.03. The standard InChI is InChI=1S/C46H40N10O6S2/c57-63(58,59)39-27-37(49-43-29-41(47-33-13-5-1-6-14-33)53-45(55-43)51-35-17-9-3-10-18-35)25-23-31(39)21-22-32-24-26-38(28-40(32)64(60,61)62)50-44-30-42(48-34-15-7-2-8-16-34)54-46(56-44)52-36-19-11-4-12-20-36/h1-20,23-30H,21-22H2,(H,57,58,59)(H,60,61,62)(H3,47,49,51,53,55)(H3,48,50,52,54,56). The second-order valence-corrected chi connectivity index (χ2v) is 17.0. The molecule has 322 valence electrons. The van der Waals surface area contributed by atoms with Gasteiger partial charge in [0.15, 0.2) is 0 Å². The minimum Gasteiger partial charge on any atom is -0.340 e. The molecule has 0 fully saturated rings. The molecule has 0 saturated carbocycles. The van der Waals surface area contributed by atoms with Crippen LogP contribution in [0.2, 0.25) is 0 Å². The highest BCUT2D eigenvalue weighted by Crippen LogP contribution is 2.30. The summed E-state index contributed by atoms with van der Waals surface area (Å²) in [5.74, 6) is 2.00. The highest BCUT2D eigenvalue weighted by Gasteiger charge is 2.21. The molecule has 0 aliphatic heterocycles. The average molecular weight is 893 g/mol. The van der Waals surface area contributed by atoms with Gasteiger partial charge in [0.25, 0.3) is 20.2 Å². The smallest absolute Gasteiger partial charge is 0.294 e. The Morgan fingerprint density at radius 2 is 0.625 bits per heavy atom. The van der Waals surface area contributed by atoms with E-state index in [1.54, 1.807) is 24.3 Å². The second-order valence-electron chi connectivity index (χ2n) is 14.2. The van der Waals surface area contributed by atoms with Crippen LogP contribution in [0.4, 0.5) is 69.3 Å². The molecular weight excluding hydrogens is 853 g/mol. The van der Waals surface area contributed by atoms with Crippen molar-refractivity contribution in [2.75, 3.05) is 31.9 Å². The van der Waals surface area contributed by atoms with Gasteiger partial charge in [0, 0.05) is 46.3 Å². The van der Waals surface area contributed by atoms with Crippen molar-refractivity contribution in [2.45, 2.75) is 22.6 Å². The van der Waals surface area contributed by atoms with Crippen LogP contribution in [0.1, 0.15) is 11.1 Å². The van der Waals surface area contributed by atoms with Crippen LogP contribution in [0.15, 0.2) is 180 Å². The predicted molar refractivity (Wildman–Crippen MR) is 249 cm³/mol. The number of benzene rings is 6. The van der Waals surface area contributed by atoms with E-state index in [0.29, 0.717) is 23.3 Å². The third kappa shape index (κ3) is 11.5. The number of aryl methyl sites for hydroxylation is 2. The molecule has 0 bridgehead atoms. The van der Waals surface area contributed by atoms with E-state index in [-0.39, 0.29) is 47.2 Å². The van der Waals surface area contributed by atoms with Crippen molar-refractivity contribution < 1.29 is 25.9 Å². The highest BCUT2D eigenvalue weighted by molar-refractivity contribution is 7.86. The first-order valence-corrected chi connectivity index (χ1v) is 22.6. The number of aromatic nitrogens is 4. The van der Waals surface area contributed by atoms with Gasteiger partial charge in [0.1, 0.15) is 23.3 Å². The zero-order valence-corrected chi connectivity index (χ0v) is 35.3. The Hall–Kier alpha value is -7.90. The number of hydrogen-bond donors (Lipinski definition) is 8. The molecule has 6 aromatic carbocycles. The fraction of sp³-hybridized carbons (Fsp3) is 0.0435. The first-order chi connectivity index (χ1) is 30.9. The summed E-state index contributed by atoms with van der Waals surface area (Å²) in [4.78, 5) is 17.5. The van der Waals surface area contributed by atoms with Gasteiger partial charge in [-0.25, -0.2) is 0 Å². The Bertz CT molecular complexity index is 2790. The van der Waals surface area contributed by atoms with E-state index in [0.717, 1.165) is 22.7 Å². The van der Waals surface area contributed by atoms with E-state index in [1.807, 2.05) is 121 Å². The quantitative estimate of drug-likeness (QED) is 0.0397. The lowest BCUT2D eigenvalue weighted by Gasteiger charge is -2.15. The van der Waals surface area contributed by atoms with Crippen LogP contribution in [0, 0.1) is 0 Å². The molecule has 8 rings (SSSR count). The fourth-order valence-electron chi connectivity index (χ4n) is 6.63. The van der Waals surface area contributed by atoms with Gasteiger partial charge in [0.05, 0.1) is 9.79 Å². The summed E-state index contributed by atoms with van der Waals surface area (Å²) in [6.45, 7) is 0. The molecule has 0 aliphatic rings. The van der Waals surface area contributed by atoms with Gasteiger partial charge in [-0.2, -0.15) is 36.8 Å². The van der Waals surface area contributed by atoms with Crippen LogP contribution >= 0.6 is 0 Å². The molecule has 8 aromatic rings. The minimum atomic E-state index is -4.77. The van der Waals surface area contributed by atoms with Crippen LogP contribution < -0.4 is 31.9 Å². The predicted octanol–water partition coefficient (Wildman–Crippen LogP) is 10.0. The van der Waals surface area contributed by atoms with Crippen molar-refractivity contribution in [2.24, 2.45) is 0 Å². The summed E-state index contributed by atoms with van der Waals surface area (Å²) < 4.78 is 71.9. The molecule has 0 unspecified atom stereocenters. The number of nitrogens with one attached hydrogen (secondary N) is 6. The van der Waals surface area contributed by atoms with Gasteiger partial charge in [-0.05, 0) is 96.8 Å². The van der Waals surface area contributed by atoms with Crippen molar-refractivity contribution in [1.29, 1.82) is 0 Å². The zero-order valence-electron chi connectivity index (χ0n) is 33.7. The van der Waals surface area contributed by atoms with E-state index in [1.165, 1.54) is 24.3 Å². The molecule has 2 heterocycles. The summed E-state index contributed by atoms with van der Waals surface area (Å²) in [6.07, 6.45) is -0.0487. The van der Waals surface area contributed by atoms with Gasteiger partial charge >= 0.3 is 0 Å². The normalized spacial score (nSPS) is 11.3. The summed E-state index contributed by atoms with van der Waals surface area (Å²) >= 11 is 0. The number of anilines is 12. The van der Waals surface area contributed by atoms with E-state index < -0.39 is 30.0 Å². The van der Waals surface area contributed by atoms with Crippen LogP contribution in [0.5, 0.6) is 0 Å². The van der Waals surface area contributed by atoms with Crippen molar-refractivity contribution in [3.63, 3.8) is 0 Å². The highest BCUT2D eigenvalue weighted by atomic mass is 32.2. The minimum absolute atomic E-state index is 0.0244. The third-order valence-electron chi connectivity index (χ3n) is 9.50. The Morgan fingerprint density at radius 3 is 0.922 bits per heavy atom. The fourth-order valence-corrected chi connectivity index (χ4v) is 8.18. The average Bonchev–Trinajstić information content (AvgIpc) is 3.27. The first kappa shape index (κ1) is 42.8. The molecule has 2 aromatic heterocycles. The molecule has 0 saturated heterocycles. The first-order valence-electron chi connectivity index (χ1n) is 19.7. The van der Waals surface area contributed by atoms with E-state index >= 15 is 0 Å². The number of nitrogens with zero attached hydrogens (tertiary/aromatic N) is 4. The Morgan fingerprint density at radius 1 is 0.344 bits per heavy atom. The molecule has 64 heavy (non-hydrogen) atoms. The molecule has 18 heteroatoms. The molecular formula is C46H40N10O6S2. The molecule has 8 N–H and O–H groups in total. The van der Waals surface area contributed by atoms with Crippen molar-refractivity contribution in [3.8, 4) is 0 Å². The topological polar surface area (TPSA) is 232 Å². The van der Waals surface area contributed by atoms with Crippen LogP contribution in [0.25, 0.3) is 0 Å². The van der Waals surface area contributed by atoms with E-state index in [9.17, 15) is 25.9 Å². The van der Waals surface area contributed by atoms with E-state index in [2.05, 4.69) is 51.8 Å². The van der Waals surface area contributed by atoms with Gasteiger partial charge in [0.2, 0.25) is 11.9 Å². The van der Waals surface area contributed by atoms with Crippen LogP contribution in [-0.2, 0) is 33.1 Å². The van der Waals surface area contributed by atoms with Gasteiger partial charge in [-0.15, -0.1) is 0 Å². The zero-order chi connectivity index (χ0) is 44.5. The molecule has 0 amide bonds. The lowest BCUT2D eigenvalue weighted by Crippen LogP contribution is -2.09. The van der Waals surface area contributed by atoms with Crippen molar-refractivity contribution >= 4 is 89.5 Å². The Kier molecular flexibility index (Phi) is 12.7. The Balaban J connectivity index is 1.03. The lowest BCUT2D eigenvalue weighted by molar-refractivity contribution is 0.479. The summed E-state index contributed by atoms with van der Waals surface area (Å²) in [7, 11) is -9.55. The summed E-state index contributed by atoms with van der Waals surface area (Å²) in [6, 6.07) is 49.5. The number of rotatable bonds is 17. The maximum absolute atomic E-state index is 12.8. The molecule has 16 nitrogen and oxygen atoms in total. The lowest BCUT2D eigenvalue weighted by atomic mass is 10.0. The van der Waals surface area contributed by atoms with Gasteiger partial charge in [-0.1, -0.05) is 84.9 Å². The van der Waals surface area contributed by atoms with Gasteiger partial charge < -0.3 is 31.9 Å². The second kappa shape index (κ2) is 19.0. The monoisotopic (exact) mass is 892 g/mol. The largest absolute Gasteiger partial charge is 0.340 e. The molecule has 0 aliphatic carbocycles. The van der Waals surface area contributed by atoms with Crippen molar-refractivity contribution in [3.05, 3.63) is 181 Å². The third-order valence-corrected chi connectivity index (χ3v) is 11.4. The molecule has 0 radical (unpaired) electrons. The van der Waals surface area contributed by atoms with Crippen LogP contribution in [0.3, 0.4) is 0 Å². The van der Waals surface area contributed by atoms with Gasteiger partial charge in [-0.3, -0.25) is 9.11 Å². The summed E-state index contributed by atoms with van der Waals surface area (Å²) in [5, 5.41) is 19.1. The Labute approximate surface area is 369 Å². The van der Waals surface area contributed by atoms with Crippen LogP contribution in [-0.4, -0.2) is 45.9 Å². The molecule has 0 spiro atoms. The maximum atomic E-state index is 12.8. The number of para-hydroxylation sites is 4. The van der Waals surface area contributed by atoms with Crippen molar-refractivity contribution in [1.82, 2.24) is 19.9 Å². The van der Waals surface area contributed by atoms with E-state index in [4.69, 9.17) is 0 Å². The SMILES string of the molecule is O=S(=O)(O)c1cc(Nc2cc(Nc3ccccc3)nc(Nc3ccccc3)n2)ccc1CCc1ccc(Nc2cc(Nc3ccccc3)nc(Nc3ccccc3)n2)cc1S(=O)(=O)O.